The first-order valence-electron chi connectivity index (χ1n) is 14.2. The molecule has 0 saturated heterocycles. The lowest BCUT2D eigenvalue weighted by Crippen LogP contribution is -2.40. The highest BCUT2D eigenvalue weighted by atomic mass is 32.2. The molecular weight excluding hydrogens is 590 g/mol. The fraction of sp³-hybridized carbons (Fsp3) is 0.344. The maximum absolute atomic E-state index is 15.4. The smallest absolute Gasteiger partial charge is 0.264 e. The van der Waals surface area contributed by atoms with Gasteiger partial charge in [0.1, 0.15) is 5.82 Å². The molecule has 0 saturated carbocycles. The number of unbranched alkanes of at least 4 members (excludes halogenated alkanes) is 1. The molecule has 0 bridgehead atoms. The number of sulfonamides is 1. The van der Waals surface area contributed by atoms with E-state index >= 15 is 4.39 Å². The molecule has 0 aliphatic heterocycles. The number of nitrogens with one attached hydrogen (secondary N) is 2. The van der Waals surface area contributed by atoms with E-state index in [1.54, 1.807) is 12.1 Å². The average Bonchev–Trinajstić information content (AvgIpc) is 2.98. The lowest BCUT2D eigenvalue weighted by molar-refractivity contribution is -0.132. The first-order valence-corrected chi connectivity index (χ1v) is 16.3. The molecule has 8 nitrogen and oxygen atoms in total. The second-order valence-electron chi connectivity index (χ2n) is 10.2. The van der Waals surface area contributed by atoms with E-state index in [0.29, 0.717) is 30.6 Å². The van der Waals surface area contributed by atoms with Crippen molar-refractivity contribution in [1.82, 2.24) is 14.9 Å². The topological polar surface area (TPSA) is 113 Å². The number of hydrogen-bond acceptors (Lipinski definition) is 6. The lowest BCUT2D eigenvalue weighted by atomic mass is 10.0. The van der Waals surface area contributed by atoms with Gasteiger partial charge >= 0.3 is 0 Å². The van der Waals surface area contributed by atoms with Gasteiger partial charge in [-0.25, -0.2) is 17.5 Å². The molecule has 0 unspecified atom stereocenters. The van der Waals surface area contributed by atoms with E-state index in [4.69, 9.17) is 0 Å². The van der Waals surface area contributed by atoms with Crippen molar-refractivity contribution in [2.45, 2.75) is 51.0 Å². The maximum Gasteiger partial charge on any atom is 0.264 e. The van der Waals surface area contributed by atoms with E-state index in [9.17, 15) is 22.8 Å². The van der Waals surface area contributed by atoms with E-state index in [1.165, 1.54) is 35.2 Å². The molecule has 0 aliphatic carbocycles. The van der Waals surface area contributed by atoms with Crippen LogP contribution in [0.3, 0.4) is 0 Å². The van der Waals surface area contributed by atoms with Crippen LogP contribution < -0.4 is 10.0 Å². The number of hydrogen-bond donors (Lipinski definition) is 3. The maximum atomic E-state index is 15.4. The molecular formula is C32H38FN3O5S2. The summed E-state index contributed by atoms with van der Waals surface area (Å²) in [5.74, 6) is -1.63. The summed E-state index contributed by atoms with van der Waals surface area (Å²) < 4.78 is 42.7. The van der Waals surface area contributed by atoms with Crippen molar-refractivity contribution >= 4 is 40.4 Å². The Morgan fingerprint density at radius 2 is 1.70 bits per heavy atom. The van der Waals surface area contributed by atoms with Gasteiger partial charge in [-0.2, -0.15) is 12.6 Å². The number of carbonyl (C=O) groups excluding carboxylic acids is 3. The van der Waals surface area contributed by atoms with Crippen LogP contribution in [0.5, 0.6) is 0 Å². The van der Waals surface area contributed by atoms with E-state index in [2.05, 4.69) is 17.9 Å². The minimum absolute atomic E-state index is 0.0175. The minimum atomic E-state index is -4.16. The molecule has 1 atom stereocenters. The van der Waals surface area contributed by atoms with Gasteiger partial charge in [-0.15, -0.1) is 0 Å². The van der Waals surface area contributed by atoms with Gasteiger partial charge in [-0.05, 0) is 36.1 Å². The normalized spacial score (nSPS) is 11.9. The number of halogens is 1. The second-order valence-corrected chi connectivity index (χ2v) is 12.3. The van der Waals surface area contributed by atoms with Gasteiger partial charge in [0, 0.05) is 49.9 Å². The SMILES string of the molecule is CCCCC(=O)N(CCNC(=O)[C@@H](CS)Cc1ccccc1)Cc1ccc(-c2ccccc2S(=O)(=O)NC(C)=O)cc1F. The quantitative estimate of drug-likeness (QED) is 0.211. The molecule has 3 amide bonds. The van der Waals surface area contributed by atoms with Gasteiger partial charge in [0.2, 0.25) is 17.7 Å². The predicted molar refractivity (Wildman–Crippen MR) is 168 cm³/mol. The van der Waals surface area contributed by atoms with Crippen molar-refractivity contribution in [3.8, 4) is 11.1 Å². The Morgan fingerprint density at radius 1 is 1.00 bits per heavy atom. The van der Waals surface area contributed by atoms with Crippen molar-refractivity contribution in [2.75, 3.05) is 18.8 Å². The zero-order valence-electron chi connectivity index (χ0n) is 24.4. The summed E-state index contributed by atoms with van der Waals surface area (Å²) in [5, 5.41) is 2.90. The Kier molecular flexibility index (Phi) is 12.8. The molecule has 3 rings (SSSR count). The van der Waals surface area contributed by atoms with Crippen molar-refractivity contribution in [3.05, 3.63) is 89.7 Å². The summed E-state index contributed by atoms with van der Waals surface area (Å²) in [6, 6.07) is 20.0. The van der Waals surface area contributed by atoms with Crippen LogP contribution in [0.25, 0.3) is 11.1 Å². The Hall–Kier alpha value is -3.70. The molecule has 2 N–H and O–H groups in total. The number of rotatable bonds is 15. The Bertz CT molecular complexity index is 1520. The first kappa shape index (κ1) is 33.8. The predicted octanol–water partition coefficient (Wildman–Crippen LogP) is 4.74. The zero-order valence-corrected chi connectivity index (χ0v) is 26.1. The van der Waals surface area contributed by atoms with Crippen LogP contribution in [0.2, 0.25) is 0 Å². The van der Waals surface area contributed by atoms with Gasteiger partial charge in [0.05, 0.1) is 10.8 Å². The molecule has 0 heterocycles. The molecule has 0 fully saturated rings. The third-order valence-corrected chi connectivity index (χ3v) is 8.81. The highest BCUT2D eigenvalue weighted by Crippen LogP contribution is 2.29. The van der Waals surface area contributed by atoms with Crippen LogP contribution in [-0.2, 0) is 37.4 Å². The van der Waals surface area contributed by atoms with E-state index in [0.717, 1.165) is 18.9 Å². The molecule has 0 spiro atoms. The Labute approximate surface area is 258 Å². The summed E-state index contributed by atoms with van der Waals surface area (Å²) in [7, 11) is -4.16. The summed E-state index contributed by atoms with van der Waals surface area (Å²) in [4.78, 5) is 38.7. The third kappa shape index (κ3) is 9.93. The second kappa shape index (κ2) is 16.2. The number of benzene rings is 3. The van der Waals surface area contributed by atoms with E-state index in [-0.39, 0.29) is 53.4 Å². The van der Waals surface area contributed by atoms with Gasteiger partial charge < -0.3 is 10.2 Å². The number of amides is 3. The number of carbonyl (C=O) groups is 3. The summed E-state index contributed by atoms with van der Waals surface area (Å²) in [6.45, 7) is 3.44. The highest BCUT2D eigenvalue weighted by Gasteiger charge is 2.22. The van der Waals surface area contributed by atoms with Crippen molar-refractivity contribution in [2.24, 2.45) is 5.92 Å². The number of nitrogens with zero attached hydrogens (tertiary/aromatic N) is 1. The van der Waals surface area contributed by atoms with Crippen molar-refractivity contribution in [3.63, 3.8) is 0 Å². The average molecular weight is 628 g/mol. The third-order valence-electron chi connectivity index (χ3n) is 6.87. The van der Waals surface area contributed by atoms with Crippen LogP contribution in [0.15, 0.2) is 77.7 Å². The fourth-order valence-corrected chi connectivity index (χ4v) is 6.12. The zero-order chi connectivity index (χ0) is 31.4. The van der Waals surface area contributed by atoms with Gasteiger partial charge in [0.15, 0.2) is 0 Å². The van der Waals surface area contributed by atoms with Crippen molar-refractivity contribution in [1.29, 1.82) is 0 Å². The molecule has 3 aromatic rings. The van der Waals surface area contributed by atoms with Crippen LogP contribution in [0.4, 0.5) is 4.39 Å². The first-order chi connectivity index (χ1) is 20.6. The van der Waals surface area contributed by atoms with E-state index in [1.807, 2.05) is 42.0 Å². The molecule has 43 heavy (non-hydrogen) atoms. The fourth-order valence-electron chi connectivity index (χ4n) is 4.61. The standard InChI is InChI=1S/C32H38FN3O5S2/c1-3-4-14-31(38)36(18-17-34-32(39)27(22-42)19-24-10-6-5-7-11-24)21-26-16-15-25(20-29(26)33)28-12-8-9-13-30(28)43(40,41)35-23(2)37/h5-13,15-16,20,27,42H,3-4,14,17-19,21-22H2,1-2H3,(H,34,39)(H,35,37)/t27-/m1/s1. The minimum Gasteiger partial charge on any atom is -0.354 e. The number of thiol groups is 1. The van der Waals surface area contributed by atoms with Crippen molar-refractivity contribution < 1.29 is 27.2 Å². The van der Waals surface area contributed by atoms with Crippen LogP contribution >= 0.6 is 12.6 Å². The molecule has 230 valence electrons. The van der Waals surface area contributed by atoms with Crippen LogP contribution in [0, 0.1) is 11.7 Å². The monoisotopic (exact) mass is 627 g/mol. The summed E-state index contributed by atoms with van der Waals surface area (Å²) in [5.41, 5.74) is 1.81. The highest BCUT2D eigenvalue weighted by molar-refractivity contribution is 7.90. The van der Waals surface area contributed by atoms with Gasteiger partial charge in [0.25, 0.3) is 10.0 Å². The lowest BCUT2D eigenvalue weighted by Gasteiger charge is -2.24. The van der Waals surface area contributed by atoms with Gasteiger partial charge in [-0.3, -0.25) is 14.4 Å². The Balaban J connectivity index is 1.75. The molecule has 0 aromatic heterocycles. The van der Waals surface area contributed by atoms with Gasteiger partial charge in [-0.1, -0.05) is 74.0 Å². The Morgan fingerprint density at radius 3 is 2.35 bits per heavy atom. The van der Waals surface area contributed by atoms with Crippen LogP contribution in [-0.4, -0.2) is 49.9 Å². The molecule has 11 heteroatoms. The molecule has 0 aliphatic rings. The van der Waals surface area contributed by atoms with Crippen LogP contribution in [0.1, 0.15) is 44.2 Å². The molecule has 3 aromatic carbocycles. The summed E-state index contributed by atoms with van der Waals surface area (Å²) >= 11 is 4.35. The van der Waals surface area contributed by atoms with E-state index < -0.39 is 21.7 Å². The molecule has 0 radical (unpaired) electrons. The largest absolute Gasteiger partial charge is 0.354 e. The summed E-state index contributed by atoms with van der Waals surface area (Å²) in [6.07, 6.45) is 2.35.